The molecular formula is C31H24ClNO5. The number of allylic oxidation sites excluding steroid dienone is 1. The van der Waals surface area contributed by atoms with Crippen LogP contribution in [-0.2, 0) is 10.2 Å². The molecule has 2 aliphatic rings. The molecule has 3 heterocycles. The van der Waals surface area contributed by atoms with E-state index in [1.165, 1.54) is 24.3 Å². The summed E-state index contributed by atoms with van der Waals surface area (Å²) in [6.07, 6.45) is 1.90. The molecule has 4 aromatic rings. The first-order valence-corrected chi connectivity index (χ1v) is 12.6. The highest BCUT2D eigenvalue weighted by Crippen LogP contribution is 2.56. The van der Waals surface area contributed by atoms with Gasteiger partial charge < -0.3 is 14.4 Å². The van der Waals surface area contributed by atoms with Crippen molar-refractivity contribution in [1.29, 1.82) is 0 Å². The van der Waals surface area contributed by atoms with Crippen molar-refractivity contribution in [2.75, 3.05) is 4.90 Å². The topological polar surface area (TPSA) is 87.8 Å². The summed E-state index contributed by atoms with van der Waals surface area (Å²) in [5.41, 5.74) is 1.96. The quantitative estimate of drug-likeness (QED) is 0.194. The third kappa shape index (κ3) is 3.51. The molecule has 190 valence electrons. The minimum atomic E-state index is -0.832. The predicted molar refractivity (Wildman–Crippen MR) is 147 cm³/mol. The average Bonchev–Trinajstić information content (AvgIpc) is 3.14. The number of phenolic OH excluding ortho intramolecular Hbond substituents is 1. The fraction of sp³-hybridized carbons (Fsp3) is 0.194. The first-order valence-electron chi connectivity index (χ1n) is 12.3. The van der Waals surface area contributed by atoms with E-state index in [1.54, 1.807) is 11.0 Å². The van der Waals surface area contributed by atoms with Crippen molar-refractivity contribution in [3.05, 3.63) is 111 Å². The second-order valence-corrected chi connectivity index (χ2v) is 11.2. The number of anilines is 1. The SMILES string of the molecule is CC1(c2ccc(Cl)cc2)CC(C)(C)N2C(=O)/C(=C/C(=O)c3cc4ccc(O)cc4oc3=O)c3cccc1c32. The Labute approximate surface area is 223 Å². The second kappa shape index (κ2) is 8.17. The zero-order chi connectivity index (χ0) is 27.0. The van der Waals surface area contributed by atoms with Gasteiger partial charge >= 0.3 is 5.63 Å². The summed E-state index contributed by atoms with van der Waals surface area (Å²) in [7, 11) is 0. The van der Waals surface area contributed by atoms with Crippen molar-refractivity contribution in [3.8, 4) is 5.75 Å². The molecule has 7 heteroatoms. The van der Waals surface area contributed by atoms with Gasteiger partial charge in [-0.1, -0.05) is 48.9 Å². The standard InChI is InChI=1S/C31H24ClNO5/c1-30(2)16-31(3,18-8-10-19(32)11-9-18)24-6-4-5-21-22(28(36)33(30)27(21)24)15-25(35)23-13-17-7-12-20(34)14-26(17)38-29(23)37/h4-15,34H,16H2,1-3H3/b22-15+. The summed E-state index contributed by atoms with van der Waals surface area (Å²) < 4.78 is 5.27. The van der Waals surface area contributed by atoms with Crippen LogP contribution < -0.4 is 10.5 Å². The molecule has 0 saturated heterocycles. The molecule has 2 aliphatic heterocycles. The molecule has 1 amide bonds. The van der Waals surface area contributed by atoms with Crippen molar-refractivity contribution >= 4 is 45.5 Å². The molecular weight excluding hydrogens is 502 g/mol. The monoisotopic (exact) mass is 525 g/mol. The molecule has 0 spiro atoms. The normalized spacial score (nSPS) is 20.7. The van der Waals surface area contributed by atoms with Gasteiger partial charge in [-0.25, -0.2) is 4.79 Å². The van der Waals surface area contributed by atoms with E-state index in [9.17, 15) is 19.5 Å². The number of rotatable bonds is 3. The van der Waals surface area contributed by atoms with E-state index >= 15 is 0 Å². The lowest BCUT2D eigenvalue weighted by Crippen LogP contribution is -2.54. The zero-order valence-electron chi connectivity index (χ0n) is 21.0. The Balaban J connectivity index is 1.51. The molecule has 1 atom stereocenters. The van der Waals surface area contributed by atoms with Gasteiger partial charge in [0.15, 0.2) is 5.78 Å². The average molecular weight is 526 g/mol. The van der Waals surface area contributed by atoms with E-state index in [4.69, 9.17) is 16.0 Å². The van der Waals surface area contributed by atoms with Gasteiger partial charge in [0.2, 0.25) is 0 Å². The molecule has 6 rings (SSSR count). The first kappa shape index (κ1) is 24.2. The first-order chi connectivity index (χ1) is 18.0. The number of para-hydroxylation sites is 1. The van der Waals surface area contributed by atoms with E-state index in [0.29, 0.717) is 22.4 Å². The molecule has 1 aromatic heterocycles. The number of carbonyl (C=O) groups excluding carboxylic acids is 2. The lowest BCUT2D eigenvalue weighted by molar-refractivity contribution is -0.114. The number of phenols is 1. The summed E-state index contributed by atoms with van der Waals surface area (Å²) >= 11 is 6.17. The zero-order valence-corrected chi connectivity index (χ0v) is 21.8. The lowest BCUT2D eigenvalue weighted by atomic mass is 9.65. The molecule has 3 aromatic carbocycles. The third-order valence-corrected chi connectivity index (χ3v) is 7.96. The van der Waals surface area contributed by atoms with Gasteiger partial charge in [0.25, 0.3) is 5.91 Å². The number of nitrogens with zero attached hydrogens (tertiary/aromatic N) is 1. The summed E-state index contributed by atoms with van der Waals surface area (Å²) in [5, 5.41) is 10.8. The van der Waals surface area contributed by atoms with Gasteiger partial charge in [-0.05, 0) is 67.8 Å². The number of carbonyl (C=O) groups is 2. The Morgan fingerprint density at radius 3 is 2.50 bits per heavy atom. The minimum Gasteiger partial charge on any atom is -0.508 e. The summed E-state index contributed by atoms with van der Waals surface area (Å²) in [5.74, 6) is -0.948. The number of aromatic hydroxyl groups is 1. The van der Waals surface area contributed by atoms with E-state index in [2.05, 4.69) is 6.92 Å². The molecule has 0 bridgehead atoms. The van der Waals surface area contributed by atoms with E-state index in [-0.39, 0.29) is 28.4 Å². The summed E-state index contributed by atoms with van der Waals surface area (Å²) in [6.45, 7) is 6.22. The van der Waals surface area contributed by atoms with E-state index in [1.807, 2.05) is 56.3 Å². The summed E-state index contributed by atoms with van der Waals surface area (Å²) in [4.78, 5) is 41.6. The Morgan fingerprint density at radius 1 is 1.03 bits per heavy atom. The lowest BCUT2D eigenvalue weighted by Gasteiger charge is -2.49. The molecule has 0 radical (unpaired) electrons. The maximum atomic E-state index is 13.8. The van der Waals surface area contributed by atoms with Crippen molar-refractivity contribution < 1.29 is 19.1 Å². The van der Waals surface area contributed by atoms with E-state index in [0.717, 1.165) is 16.8 Å². The smallest absolute Gasteiger partial charge is 0.347 e. The van der Waals surface area contributed by atoms with Crippen LogP contribution in [0.5, 0.6) is 5.75 Å². The highest BCUT2D eigenvalue weighted by molar-refractivity contribution is 6.37. The van der Waals surface area contributed by atoms with E-state index < -0.39 is 22.4 Å². The van der Waals surface area contributed by atoms with Gasteiger partial charge in [0, 0.05) is 33.0 Å². The molecule has 0 fully saturated rings. The number of halogens is 1. The highest BCUT2D eigenvalue weighted by Gasteiger charge is 2.52. The molecule has 38 heavy (non-hydrogen) atoms. The maximum Gasteiger partial charge on any atom is 0.347 e. The number of hydrogen-bond donors (Lipinski definition) is 1. The largest absolute Gasteiger partial charge is 0.508 e. The van der Waals surface area contributed by atoms with Gasteiger partial charge in [0.05, 0.1) is 11.3 Å². The van der Waals surface area contributed by atoms with Crippen LogP contribution in [-0.4, -0.2) is 22.3 Å². The van der Waals surface area contributed by atoms with Gasteiger partial charge in [0.1, 0.15) is 16.9 Å². The van der Waals surface area contributed by atoms with Crippen molar-refractivity contribution in [3.63, 3.8) is 0 Å². The van der Waals surface area contributed by atoms with Crippen molar-refractivity contribution in [2.24, 2.45) is 0 Å². The number of ketones is 1. The maximum absolute atomic E-state index is 13.8. The van der Waals surface area contributed by atoms with Gasteiger partial charge in [-0.3, -0.25) is 9.59 Å². The summed E-state index contributed by atoms with van der Waals surface area (Å²) in [6, 6.07) is 19.3. The second-order valence-electron chi connectivity index (χ2n) is 10.8. The molecule has 1 N–H and O–H groups in total. The fourth-order valence-electron chi connectivity index (χ4n) is 6.10. The van der Waals surface area contributed by atoms with Crippen LogP contribution in [0.2, 0.25) is 5.02 Å². The van der Waals surface area contributed by atoms with Crippen LogP contribution >= 0.6 is 11.6 Å². The van der Waals surface area contributed by atoms with Gasteiger partial charge in [-0.2, -0.15) is 0 Å². The Morgan fingerprint density at radius 2 is 1.76 bits per heavy atom. The predicted octanol–water partition coefficient (Wildman–Crippen LogP) is 6.25. The Hall–Kier alpha value is -4.16. The van der Waals surface area contributed by atoms with Crippen LogP contribution in [0.15, 0.2) is 82.0 Å². The number of fused-ring (bicyclic) bond motifs is 1. The molecule has 0 aliphatic carbocycles. The minimum absolute atomic E-state index is 0.0513. The number of amides is 1. The fourth-order valence-corrected chi connectivity index (χ4v) is 6.22. The van der Waals surface area contributed by atoms with Crippen LogP contribution in [0.3, 0.4) is 0 Å². The van der Waals surface area contributed by atoms with Crippen LogP contribution in [0, 0.1) is 0 Å². The van der Waals surface area contributed by atoms with Crippen LogP contribution in [0.1, 0.15) is 54.2 Å². The van der Waals surface area contributed by atoms with Crippen LogP contribution in [0.4, 0.5) is 5.69 Å². The van der Waals surface area contributed by atoms with Crippen LogP contribution in [0.25, 0.3) is 16.5 Å². The molecule has 0 saturated carbocycles. The Kier molecular flexibility index (Phi) is 5.20. The molecule has 1 unspecified atom stereocenters. The number of hydrogen-bond acceptors (Lipinski definition) is 5. The molecule has 6 nitrogen and oxygen atoms in total. The highest BCUT2D eigenvalue weighted by atomic mass is 35.5. The third-order valence-electron chi connectivity index (χ3n) is 7.71. The number of benzene rings is 3. The van der Waals surface area contributed by atoms with Crippen molar-refractivity contribution in [1.82, 2.24) is 0 Å². The van der Waals surface area contributed by atoms with Gasteiger partial charge in [-0.15, -0.1) is 0 Å². The van der Waals surface area contributed by atoms with Crippen molar-refractivity contribution in [2.45, 2.75) is 38.1 Å². The Bertz CT molecular complexity index is 1770.